The van der Waals surface area contributed by atoms with Gasteiger partial charge in [-0.15, -0.1) is 0 Å². The second-order valence-electron chi connectivity index (χ2n) is 5.85. The number of nitrogens with one attached hydrogen (secondary N) is 1. The summed E-state index contributed by atoms with van der Waals surface area (Å²) < 4.78 is 34.4. The number of benzene rings is 1. The van der Waals surface area contributed by atoms with Gasteiger partial charge in [-0.25, -0.2) is 13.3 Å². The van der Waals surface area contributed by atoms with E-state index in [2.05, 4.69) is 20.7 Å². The van der Waals surface area contributed by atoms with E-state index in [1.54, 1.807) is 27.7 Å². The highest BCUT2D eigenvalue weighted by Gasteiger charge is 2.28. The molecule has 0 unspecified atom stereocenters. The zero-order valence-corrected chi connectivity index (χ0v) is 16.6. The van der Waals surface area contributed by atoms with Crippen molar-refractivity contribution in [1.29, 1.82) is 0 Å². The molecule has 130 valence electrons. The van der Waals surface area contributed by atoms with Crippen LogP contribution in [0.25, 0.3) is 0 Å². The first-order valence-electron chi connectivity index (χ1n) is 7.04. The van der Waals surface area contributed by atoms with Crippen molar-refractivity contribution >= 4 is 44.5 Å². The van der Waals surface area contributed by atoms with Crippen LogP contribution in [0.15, 0.2) is 16.6 Å². The molecule has 0 aliphatic carbocycles. The molecular weight excluding hydrogens is 409 g/mol. The van der Waals surface area contributed by atoms with E-state index >= 15 is 0 Å². The summed E-state index contributed by atoms with van der Waals surface area (Å²) in [6.45, 7) is 7.24. The third-order valence-electron chi connectivity index (χ3n) is 2.88. The number of hydrogen-bond donors (Lipinski definition) is 1. The maximum atomic E-state index is 14.4. The van der Waals surface area contributed by atoms with Crippen molar-refractivity contribution in [3.05, 3.63) is 33.0 Å². The van der Waals surface area contributed by atoms with Gasteiger partial charge in [-0.05, 0) is 39.8 Å². The normalized spacial score (nSPS) is 14.4. The quantitative estimate of drug-likeness (QED) is 0.543. The summed E-state index contributed by atoms with van der Waals surface area (Å²) in [7, 11) is -1.49. The Bertz CT molecular complexity index is 607. The molecule has 0 amide bonds. The van der Waals surface area contributed by atoms with Crippen molar-refractivity contribution in [2.45, 2.75) is 44.9 Å². The van der Waals surface area contributed by atoms with Crippen LogP contribution in [0.2, 0.25) is 5.02 Å². The molecule has 0 aliphatic rings. The molecule has 0 bridgehead atoms. The van der Waals surface area contributed by atoms with Crippen LogP contribution in [0.1, 0.15) is 45.7 Å². The highest BCUT2D eigenvalue weighted by Crippen LogP contribution is 2.31. The molecule has 4 nitrogen and oxygen atoms in total. The monoisotopic (exact) mass is 427 g/mol. The third-order valence-corrected chi connectivity index (χ3v) is 5.22. The van der Waals surface area contributed by atoms with Crippen LogP contribution < -0.4 is 4.72 Å². The first kappa shape index (κ1) is 20.5. The van der Waals surface area contributed by atoms with Crippen LogP contribution in [-0.2, 0) is 20.5 Å². The predicted molar refractivity (Wildman–Crippen MR) is 94.1 cm³/mol. The third kappa shape index (κ3) is 6.14. The molecule has 2 atom stereocenters. The van der Waals surface area contributed by atoms with Gasteiger partial charge in [0, 0.05) is 10.0 Å². The molecule has 1 aromatic rings. The summed E-state index contributed by atoms with van der Waals surface area (Å²) in [6, 6.07) is 2.12. The molecule has 0 aromatic heterocycles. The first-order valence-corrected chi connectivity index (χ1v) is 9.36. The zero-order valence-electron chi connectivity index (χ0n) is 13.4. The SMILES string of the molecule is CCOC(=O)C[C@H](N[S@](=O)C(C)(C)C)c1cc(Br)cc(Cl)c1F. The van der Waals surface area contributed by atoms with E-state index < -0.39 is 33.6 Å². The lowest BCUT2D eigenvalue weighted by molar-refractivity contribution is -0.143. The summed E-state index contributed by atoms with van der Waals surface area (Å²) in [5.41, 5.74) is 0.162. The molecular formula is C15H20BrClFNO3S. The van der Waals surface area contributed by atoms with E-state index in [1.165, 1.54) is 12.1 Å². The standard InChI is InChI=1S/C15H20BrClFNO3S/c1-5-22-13(20)8-12(19-23(21)15(2,3)4)10-6-9(16)7-11(17)14(10)18/h6-7,12,19H,5,8H2,1-4H3/t12-,23+/m0/s1. The van der Waals surface area contributed by atoms with E-state index in [0.717, 1.165) is 0 Å². The maximum absolute atomic E-state index is 14.4. The number of halogens is 3. The molecule has 1 rings (SSSR count). The van der Waals surface area contributed by atoms with Crippen LogP contribution in [0, 0.1) is 5.82 Å². The Morgan fingerprint density at radius 1 is 1.48 bits per heavy atom. The summed E-state index contributed by atoms with van der Waals surface area (Å²) in [4.78, 5) is 11.8. The van der Waals surface area contributed by atoms with Gasteiger partial charge in [0.05, 0.1) is 39.8 Å². The van der Waals surface area contributed by atoms with Gasteiger partial charge >= 0.3 is 5.97 Å². The Morgan fingerprint density at radius 2 is 2.09 bits per heavy atom. The lowest BCUT2D eigenvalue weighted by atomic mass is 10.0. The number of hydrogen-bond acceptors (Lipinski definition) is 3. The summed E-state index contributed by atoms with van der Waals surface area (Å²) in [5, 5.41) is -0.0772. The summed E-state index contributed by atoms with van der Waals surface area (Å²) in [5.74, 6) is -1.16. The second kappa shape index (κ2) is 8.55. The topological polar surface area (TPSA) is 55.4 Å². The van der Waals surface area contributed by atoms with Gasteiger partial charge in [-0.3, -0.25) is 4.79 Å². The van der Waals surface area contributed by atoms with E-state index in [0.29, 0.717) is 4.47 Å². The Balaban J connectivity index is 3.18. The van der Waals surface area contributed by atoms with Gasteiger partial charge in [-0.2, -0.15) is 0 Å². The molecule has 0 aliphatic heterocycles. The number of carbonyl (C=O) groups is 1. The van der Waals surface area contributed by atoms with E-state index in [1.807, 2.05) is 0 Å². The van der Waals surface area contributed by atoms with Crippen LogP contribution in [-0.4, -0.2) is 21.5 Å². The van der Waals surface area contributed by atoms with Crippen LogP contribution in [0.3, 0.4) is 0 Å². The van der Waals surface area contributed by atoms with E-state index in [-0.39, 0.29) is 23.6 Å². The fourth-order valence-electron chi connectivity index (χ4n) is 1.74. The van der Waals surface area contributed by atoms with Gasteiger partial charge < -0.3 is 4.74 Å². The average molecular weight is 429 g/mol. The highest BCUT2D eigenvalue weighted by atomic mass is 79.9. The smallest absolute Gasteiger partial charge is 0.307 e. The van der Waals surface area contributed by atoms with Crippen molar-refractivity contribution in [2.24, 2.45) is 0 Å². The average Bonchev–Trinajstić information content (AvgIpc) is 2.41. The highest BCUT2D eigenvalue weighted by molar-refractivity contribution is 9.10. The van der Waals surface area contributed by atoms with Crippen molar-refractivity contribution in [3.8, 4) is 0 Å². The molecule has 0 heterocycles. The van der Waals surface area contributed by atoms with E-state index in [9.17, 15) is 13.4 Å². The number of ether oxygens (including phenoxy) is 1. The fourth-order valence-corrected chi connectivity index (χ4v) is 3.39. The van der Waals surface area contributed by atoms with Gasteiger partial charge in [0.1, 0.15) is 5.82 Å². The molecule has 1 aromatic carbocycles. The number of carbonyl (C=O) groups excluding carboxylic acids is 1. The van der Waals surface area contributed by atoms with Crippen LogP contribution in [0.4, 0.5) is 4.39 Å². The summed E-state index contributed by atoms with van der Waals surface area (Å²) >= 11 is 9.11. The van der Waals surface area contributed by atoms with Crippen molar-refractivity contribution in [3.63, 3.8) is 0 Å². The fraction of sp³-hybridized carbons (Fsp3) is 0.533. The minimum absolute atomic E-state index is 0.0772. The predicted octanol–water partition coefficient (Wildman–Crippen LogP) is 4.29. The van der Waals surface area contributed by atoms with Crippen LogP contribution >= 0.6 is 27.5 Å². The minimum Gasteiger partial charge on any atom is -0.466 e. The molecule has 23 heavy (non-hydrogen) atoms. The molecule has 0 spiro atoms. The number of rotatable bonds is 6. The zero-order chi connectivity index (χ0) is 17.8. The lowest BCUT2D eigenvalue weighted by Gasteiger charge is -2.24. The molecule has 0 saturated heterocycles. The van der Waals surface area contributed by atoms with Gasteiger partial charge in [0.15, 0.2) is 0 Å². The lowest BCUT2D eigenvalue weighted by Crippen LogP contribution is -2.37. The molecule has 0 saturated carbocycles. The van der Waals surface area contributed by atoms with Gasteiger partial charge in [0.25, 0.3) is 0 Å². The Morgan fingerprint density at radius 3 is 2.61 bits per heavy atom. The number of esters is 1. The van der Waals surface area contributed by atoms with Gasteiger partial charge in [0.2, 0.25) is 0 Å². The van der Waals surface area contributed by atoms with Crippen LogP contribution in [0.5, 0.6) is 0 Å². The Kier molecular flexibility index (Phi) is 7.64. The largest absolute Gasteiger partial charge is 0.466 e. The van der Waals surface area contributed by atoms with Crippen molar-refractivity contribution in [2.75, 3.05) is 6.61 Å². The second-order valence-corrected chi connectivity index (χ2v) is 9.17. The molecule has 0 fully saturated rings. The van der Waals surface area contributed by atoms with Gasteiger partial charge in [-0.1, -0.05) is 27.5 Å². The van der Waals surface area contributed by atoms with Crippen molar-refractivity contribution < 1.29 is 18.1 Å². The van der Waals surface area contributed by atoms with E-state index in [4.69, 9.17) is 16.3 Å². The Hall–Kier alpha value is -0.500. The van der Waals surface area contributed by atoms with Crippen molar-refractivity contribution in [1.82, 2.24) is 4.72 Å². The first-order chi connectivity index (χ1) is 10.6. The summed E-state index contributed by atoms with van der Waals surface area (Å²) in [6.07, 6.45) is -0.153. The minimum atomic E-state index is -1.49. The molecule has 8 heteroatoms. The molecule has 1 N–H and O–H groups in total. The maximum Gasteiger partial charge on any atom is 0.307 e. The molecule has 0 radical (unpaired) electrons. The Labute approximate surface area is 151 Å².